The standard InChI is InChI=1S/C43H28O/c1-3-14-29(15-4-1)33-22-12-24-37-38-25-13-23-34(42(38)44-41(33)37)30-16-11-19-32(28-30)43(31-17-5-2-6-18-31)39-26-9-7-20-35(39)36-21-8-10-27-40(36)43/h1-28H. The fourth-order valence-electron chi connectivity index (χ4n) is 7.52. The molecule has 0 amide bonds. The van der Waals surface area contributed by atoms with Gasteiger partial charge in [0.2, 0.25) is 0 Å². The number of hydrogen-bond donors (Lipinski definition) is 0. The topological polar surface area (TPSA) is 13.1 Å². The van der Waals surface area contributed by atoms with Crippen molar-refractivity contribution in [2.24, 2.45) is 0 Å². The fourth-order valence-corrected chi connectivity index (χ4v) is 7.52. The second-order valence-electron chi connectivity index (χ2n) is 11.6. The molecule has 1 nitrogen and oxygen atoms in total. The van der Waals surface area contributed by atoms with Crippen LogP contribution in [0.3, 0.4) is 0 Å². The number of hydrogen-bond acceptors (Lipinski definition) is 1. The van der Waals surface area contributed by atoms with Gasteiger partial charge >= 0.3 is 0 Å². The minimum atomic E-state index is -0.438. The molecule has 1 heterocycles. The van der Waals surface area contributed by atoms with Crippen molar-refractivity contribution in [1.29, 1.82) is 0 Å². The lowest BCUT2D eigenvalue weighted by Gasteiger charge is -2.34. The molecule has 0 saturated carbocycles. The van der Waals surface area contributed by atoms with E-state index in [1.807, 2.05) is 0 Å². The van der Waals surface area contributed by atoms with Gasteiger partial charge in [0.25, 0.3) is 0 Å². The molecule has 9 rings (SSSR count). The molecule has 1 aromatic heterocycles. The molecular weight excluding hydrogens is 532 g/mol. The van der Waals surface area contributed by atoms with Gasteiger partial charge in [0.15, 0.2) is 0 Å². The normalized spacial score (nSPS) is 13.2. The van der Waals surface area contributed by atoms with Crippen LogP contribution in [0.4, 0.5) is 0 Å². The lowest BCUT2D eigenvalue weighted by molar-refractivity contribution is 0.671. The Bertz CT molecular complexity index is 2280. The van der Waals surface area contributed by atoms with Gasteiger partial charge in [0.1, 0.15) is 11.2 Å². The van der Waals surface area contributed by atoms with Crippen molar-refractivity contribution in [1.82, 2.24) is 0 Å². The van der Waals surface area contributed by atoms with Crippen molar-refractivity contribution in [3.05, 3.63) is 192 Å². The van der Waals surface area contributed by atoms with Gasteiger partial charge in [0.05, 0.1) is 5.41 Å². The van der Waals surface area contributed by atoms with Crippen LogP contribution >= 0.6 is 0 Å². The number of para-hydroxylation sites is 2. The van der Waals surface area contributed by atoms with Crippen LogP contribution < -0.4 is 0 Å². The van der Waals surface area contributed by atoms with Gasteiger partial charge in [-0.3, -0.25) is 0 Å². The molecule has 0 unspecified atom stereocenters. The zero-order chi connectivity index (χ0) is 29.1. The van der Waals surface area contributed by atoms with E-state index < -0.39 is 5.41 Å². The maximum Gasteiger partial charge on any atom is 0.143 e. The van der Waals surface area contributed by atoms with E-state index in [1.54, 1.807) is 0 Å². The second kappa shape index (κ2) is 9.69. The Morgan fingerprint density at radius 1 is 0.341 bits per heavy atom. The molecule has 0 saturated heterocycles. The molecular formula is C43H28O. The fraction of sp³-hybridized carbons (Fsp3) is 0.0233. The SMILES string of the molecule is c1ccc(-c2cccc3c2oc2c(-c4cccc(C5(c6ccccc6)c6ccccc6-c6ccccc65)c4)cccc23)cc1. The Morgan fingerprint density at radius 2 is 0.795 bits per heavy atom. The van der Waals surface area contributed by atoms with E-state index in [2.05, 4.69) is 170 Å². The third-order valence-electron chi connectivity index (χ3n) is 9.37. The number of rotatable bonds is 4. The number of furan rings is 1. The van der Waals surface area contributed by atoms with Crippen LogP contribution in [0, 0.1) is 0 Å². The van der Waals surface area contributed by atoms with Crippen molar-refractivity contribution in [3.8, 4) is 33.4 Å². The molecule has 0 N–H and O–H groups in total. The van der Waals surface area contributed by atoms with Crippen molar-refractivity contribution in [3.63, 3.8) is 0 Å². The van der Waals surface area contributed by atoms with Crippen LogP contribution in [0.15, 0.2) is 174 Å². The highest BCUT2D eigenvalue weighted by molar-refractivity contribution is 6.13. The third kappa shape index (κ3) is 3.47. The smallest absolute Gasteiger partial charge is 0.143 e. The largest absolute Gasteiger partial charge is 0.455 e. The Kier molecular flexibility index (Phi) is 5.48. The predicted molar refractivity (Wildman–Crippen MR) is 182 cm³/mol. The van der Waals surface area contributed by atoms with Gasteiger partial charge in [-0.25, -0.2) is 0 Å². The summed E-state index contributed by atoms with van der Waals surface area (Å²) in [6.07, 6.45) is 0. The van der Waals surface area contributed by atoms with E-state index in [9.17, 15) is 0 Å². The highest BCUT2D eigenvalue weighted by Crippen LogP contribution is 2.56. The molecule has 0 atom stereocenters. The summed E-state index contributed by atoms with van der Waals surface area (Å²) in [5, 5.41) is 2.27. The summed E-state index contributed by atoms with van der Waals surface area (Å²) in [6.45, 7) is 0. The van der Waals surface area contributed by atoms with Crippen molar-refractivity contribution in [2.75, 3.05) is 0 Å². The van der Waals surface area contributed by atoms with E-state index >= 15 is 0 Å². The first-order valence-corrected chi connectivity index (χ1v) is 15.2. The zero-order valence-corrected chi connectivity index (χ0v) is 24.1. The molecule has 1 heteroatoms. The summed E-state index contributed by atoms with van der Waals surface area (Å²) in [7, 11) is 0. The summed E-state index contributed by atoms with van der Waals surface area (Å²) in [4.78, 5) is 0. The minimum Gasteiger partial charge on any atom is -0.455 e. The van der Waals surface area contributed by atoms with Crippen LogP contribution in [0.2, 0.25) is 0 Å². The van der Waals surface area contributed by atoms with Crippen LogP contribution in [0.25, 0.3) is 55.3 Å². The third-order valence-corrected chi connectivity index (χ3v) is 9.37. The zero-order valence-electron chi connectivity index (χ0n) is 24.1. The summed E-state index contributed by atoms with van der Waals surface area (Å²) in [5.41, 5.74) is 13.7. The first-order valence-electron chi connectivity index (χ1n) is 15.2. The molecule has 0 radical (unpaired) electrons. The summed E-state index contributed by atoms with van der Waals surface area (Å²) >= 11 is 0. The van der Waals surface area contributed by atoms with E-state index in [0.717, 1.165) is 44.2 Å². The van der Waals surface area contributed by atoms with Gasteiger partial charge < -0.3 is 4.42 Å². The van der Waals surface area contributed by atoms with Crippen LogP contribution in [-0.2, 0) is 5.41 Å². The first-order chi connectivity index (χ1) is 21.8. The summed E-state index contributed by atoms with van der Waals surface area (Å²) in [5.74, 6) is 0. The van der Waals surface area contributed by atoms with E-state index in [1.165, 1.54) is 33.4 Å². The lowest BCUT2D eigenvalue weighted by atomic mass is 9.67. The summed E-state index contributed by atoms with van der Waals surface area (Å²) in [6, 6.07) is 61.3. The van der Waals surface area contributed by atoms with Gasteiger partial charge in [0, 0.05) is 21.9 Å². The van der Waals surface area contributed by atoms with E-state index in [-0.39, 0.29) is 0 Å². The van der Waals surface area contributed by atoms with Gasteiger partial charge in [-0.15, -0.1) is 0 Å². The Morgan fingerprint density at radius 3 is 1.43 bits per heavy atom. The van der Waals surface area contributed by atoms with Gasteiger partial charge in [-0.05, 0) is 50.6 Å². The second-order valence-corrected chi connectivity index (χ2v) is 11.6. The molecule has 1 aliphatic carbocycles. The highest BCUT2D eigenvalue weighted by Gasteiger charge is 2.45. The van der Waals surface area contributed by atoms with Crippen LogP contribution in [0.1, 0.15) is 22.3 Å². The Balaban J connectivity index is 1.31. The molecule has 8 aromatic rings. The molecule has 0 spiro atoms. The molecule has 0 fully saturated rings. The maximum atomic E-state index is 6.81. The first kappa shape index (κ1) is 24.9. The molecule has 0 aliphatic heterocycles. The quantitative estimate of drug-likeness (QED) is 0.209. The van der Waals surface area contributed by atoms with Gasteiger partial charge in [-0.2, -0.15) is 0 Å². The average molecular weight is 561 g/mol. The number of fused-ring (bicyclic) bond motifs is 6. The summed E-state index contributed by atoms with van der Waals surface area (Å²) < 4.78 is 6.81. The Labute approximate surface area is 256 Å². The van der Waals surface area contributed by atoms with Crippen LogP contribution in [0.5, 0.6) is 0 Å². The lowest BCUT2D eigenvalue weighted by Crippen LogP contribution is -2.28. The number of benzene rings is 7. The molecule has 1 aliphatic rings. The molecule has 206 valence electrons. The van der Waals surface area contributed by atoms with Crippen molar-refractivity contribution < 1.29 is 4.42 Å². The molecule has 0 bridgehead atoms. The predicted octanol–water partition coefficient (Wildman–Crippen LogP) is 11.3. The Hall–Kier alpha value is -5.66. The molecule has 44 heavy (non-hydrogen) atoms. The van der Waals surface area contributed by atoms with Crippen molar-refractivity contribution in [2.45, 2.75) is 5.41 Å². The average Bonchev–Trinajstić information content (AvgIpc) is 3.64. The monoisotopic (exact) mass is 560 g/mol. The van der Waals surface area contributed by atoms with Gasteiger partial charge in [-0.1, -0.05) is 164 Å². The van der Waals surface area contributed by atoms with Crippen LogP contribution in [-0.4, -0.2) is 0 Å². The minimum absolute atomic E-state index is 0.438. The van der Waals surface area contributed by atoms with Crippen molar-refractivity contribution >= 4 is 21.9 Å². The highest BCUT2D eigenvalue weighted by atomic mass is 16.3. The van der Waals surface area contributed by atoms with E-state index in [0.29, 0.717) is 0 Å². The maximum absolute atomic E-state index is 6.81. The molecule has 7 aromatic carbocycles. The van der Waals surface area contributed by atoms with E-state index in [4.69, 9.17) is 4.42 Å².